The summed E-state index contributed by atoms with van der Waals surface area (Å²) < 4.78 is 31.9. The molecule has 1 aliphatic heterocycles. The zero-order chi connectivity index (χ0) is 19.6. The zero-order valence-corrected chi connectivity index (χ0v) is 15.8. The summed E-state index contributed by atoms with van der Waals surface area (Å²) >= 11 is 6.07. The van der Waals surface area contributed by atoms with Gasteiger partial charge in [0.15, 0.2) is 5.76 Å². The normalized spacial score (nSPS) is 15.0. The van der Waals surface area contributed by atoms with Gasteiger partial charge in [-0.25, -0.2) is 8.42 Å². The molecule has 0 spiro atoms. The Morgan fingerprint density at radius 3 is 2.52 bits per heavy atom. The lowest BCUT2D eigenvalue weighted by molar-refractivity contribution is 0.0947. The van der Waals surface area contributed by atoms with E-state index in [9.17, 15) is 18.0 Å². The fraction of sp³-hybridized carbons (Fsp3) is 0.294. The first-order valence-corrected chi connectivity index (χ1v) is 10.1. The van der Waals surface area contributed by atoms with Crippen molar-refractivity contribution in [2.24, 2.45) is 5.73 Å². The van der Waals surface area contributed by atoms with Crippen molar-refractivity contribution in [2.45, 2.75) is 24.3 Å². The maximum Gasteiger partial charge on any atom is 0.284 e. The zero-order valence-electron chi connectivity index (χ0n) is 14.3. The number of primary amides is 1. The molecule has 0 aliphatic carbocycles. The van der Waals surface area contributed by atoms with Crippen LogP contribution in [0.4, 0.5) is 0 Å². The van der Waals surface area contributed by atoms with Gasteiger partial charge in [-0.15, -0.1) is 0 Å². The van der Waals surface area contributed by atoms with Crippen LogP contribution in [0, 0.1) is 0 Å². The van der Waals surface area contributed by atoms with E-state index in [0.29, 0.717) is 18.8 Å². The van der Waals surface area contributed by atoms with E-state index in [4.69, 9.17) is 21.8 Å². The monoisotopic (exact) mass is 411 g/mol. The SMILES string of the molecule is NC(=O)c1ccc(CNC(=O)c2cc(S(=O)(=O)N3CCCC3)ccc2Cl)o1. The molecule has 2 heterocycles. The van der Waals surface area contributed by atoms with Gasteiger partial charge in [-0.2, -0.15) is 4.31 Å². The maximum absolute atomic E-state index is 12.7. The van der Waals surface area contributed by atoms with Crippen molar-refractivity contribution < 1.29 is 22.4 Å². The minimum atomic E-state index is -3.66. The number of hydrogen-bond donors (Lipinski definition) is 2. The minimum absolute atomic E-state index is 0.00839. The summed E-state index contributed by atoms with van der Waals surface area (Å²) in [6.45, 7) is 0.923. The van der Waals surface area contributed by atoms with Crippen molar-refractivity contribution in [3.8, 4) is 0 Å². The van der Waals surface area contributed by atoms with Gasteiger partial charge >= 0.3 is 0 Å². The second-order valence-corrected chi connectivity index (χ2v) is 8.41. The van der Waals surface area contributed by atoms with Crippen molar-refractivity contribution in [1.29, 1.82) is 0 Å². The van der Waals surface area contributed by atoms with E-state index in [1.54, 1.807) is 0 Å². The highest BCUT2D eigenvalue weighted by Gasteiger charge is 2.28. The Kier molecular flexibility index (Phi) is 5.54. The summed E-state index contributed by atoms with van der Waals surface area (Å²) in [6, 6.07) is 6.95. The molecular weight excluding hydrogens is 394 g/mol. The molecule has 8 nitrogen and oxygen atoms in total. The Morgan fingerprint density at radius 2 is 1.89 bits per heavy atom. The average Bonchev–Trinajstić information content (AvgIpc) is 3.32. The van der Waals surface area contributed by atoms with Gasteiger partial charge in [-0.05, 0) is 43.2 Å². The number of benzene rings is 1. The molecule has 27 heavy (non-hydrogen) atoms. The smallest absolute Gasteiger partial charge is 0.284 e. The largest absolute Gasteiger partial charge is 0.454 e. The third kappa shape index (κ3) is 4.15. The quantitative estimate of drug-likeness (QED) is 0.749. The maximum atomic E-state index is 12.7. The molecule has 0 radical (unpaired) electrons. The molecule has 0 unspecified atom stereocenters. The van der Waals surface area contributed by atoms with Crippen molar-refractivity contribution in [1.82, 2.24) is 9.62 Å². The van der Waals surface area contributed by atoms with Gasteiger partial charge in [0.05, 0.1) is 22.0 Å². The van der Waals surface area contributed by atoms with Crippen LogP contribution in [0.15, 0.2) is 39.6 Å². The lowest BCUT2D eigenvalue weighted by atomic mass is 10.2. The number of amides is 2. The Labute approximate surface area is 161 Å². The second kappa shape index (κ2) is 7.71. The first-order chi connectivity index (χ1) is 12.8. The molecule has 1 aromatic heterocycles. The lowest BCUT2D eigenvalue weighted by Crippen LogP contribution is -2.28. The van der Waals surface area contributed by atoms with Gasteiger partial charge < -0.3 is 15.5 Å². The molecule has 2 amide bonds. The van der Waals surface area contributed by atoms with Gasteiger partial charge in [0, 0.05) is 13.1 Å². The molecule has 1 saturated heterocycles. The molecule has 0 saturated carbocycles. The van der Waals surface area contributed by atoms with Crippen LogP contribution in [0.5, 0.6) is 0 Å². The van der Waals surface area contributed by atoms with Gasteiger partial charge in [0.25, 0.3) is 11.8 Å². The Bertz CT molecular complexity index is 980. The molecule has 3 N–H and O–H groups in total. The van der Waals surface area contributed by atoms with Crippen LogP contribution >= 0.6 is 11.6 Å². The molecule has 1 aliphatic rings. The average molecular weight is 412 g/mol. The first kappa shape index (κ1) is 19.4. The number of carbonyl (C=O) groups excluding carboxylic acids is 2. The van der Waals surface area contributed by atoms with Crippen LogP contribution in [-0.4, -0.2) is 37.6 Å². The van der Waals surface area contributed by atoms with Gasteiger partial charge in [-0.3, -0.25) is 9.59 Å². The number of sulfonamides is 1. The van der Waals surface area contributed by atoms with Crippen molar-refractivity contribution >= 4 is 33.4 Å². The van der Waals surface area contributed by atoms with E-state index in [0.717, 1.165) is 12.8 Å². The summed E-state index contributed by atoms with van der Waals surface area (Å²) in [6.07, 6.45) is 1.63. The molecular formula is C17H18ClN3O5S. The van der Waals surface area contributed by atoms with Crippen molar-refractivity contribution in [3.05, 3.63) is 52.4 Å². The molecule has 1 aromatic carbocycles. The molecule has 144 valence electrons. The summed E-state index contributed by atoms with van der Waals surface area (Å²) in [5.41, 5.74) is 5.15. The fourth-order valence-corrected chi connectivity index (χ4v) is 4.53. The number of rotatable bonds is 6. The van der Waals surface area contributed by atoms with Crippen LogP contribution < -0.4 is 11.1 Å². The highest BCUT2D eigenvalue weighted by atomic mass is 35.5. The minimum Gasteiger partial charge on any atom is -0.454 e. The van der Waals surface area contributed by atoms with Gasteiger partial charge in [0.1, 0.15) is 5.76 Å². The Balaban J connectivity index is 1.77. The summed E-state index contributed by atoms with van der Waals surface area (Å²) in [5.74, 6) is -0.962. The van der Waals surface area contributed by atoms with Crippen LogP contribution in [0.25, 0.3) is 0 Å². The number of halogens is 1. The van der Waals surface area contributed by atoms with Crippen molar-refractivity contribution in [3.63, 3.8) is 0 Å². The van der Waals surface area contributed by atoms with Crippen LogP contribution in [0.3, 0.4) is 0 Å². The van der Waals surface area contributed by atoms with E-state index >= 15 is 0 Å². The first-order valence-electron chi connectivity index (χ1n) is 8.25. The second-order valence-electron chi connectivity index (χ2n) is 6.07. The number of nitrogens with one attached hydrogen (secondary N) is 1. The van der Waals surface area contributed by atoms with E-state index in [1.807, 2.05) is 0 Å². The molecule has 0 bridgehead atoms. The third-order valence-electron chi connectivity index (χ3n) is 4.21. The number of furan rings is 1. The Hall–Kier alpha value is -2.36. The predicted octanol–water partition coefficient (Wildman–Crippen LogP) is 1.75. The number of nitrogens with two attached hydrogens (primary N) is 1. The van der Waals surface area contributed by atoms with Crippen LogP contribution in [0.2, 0.25) is 5.02 Å². The standard InChI is InChI=1S/C17H18ClN3O5S/c18-14-5-4-12(27(24,25)21-7-1-2-8-21)9-13(14)17(23)20-10-11-3-6-15(26-11)16(19)22/h3-6,9H,1-2,7-8,10H2,(H2,19,22)(H,20,23). The summed E-state index contributed by atoms with van der Waals surface area (Å²) in [5, 5.41) is 2.71. The van der Waals surface area contributed by atoms with Crippen LogP contribution in [0.1, 0.15) is 39.5 Å². The molecule has 10 heteroatoms. The molecule has 1 fully saturated rings. The van der Waals surface area contributed by atoms with E-state index < -0.39 is 21.8 Å². The topological polar surface area (TPSA) is 123 Å². The number of nitrogens with zero attached hydrogens (tertiary/aromatic N) is 1. The number of hydrogen-bond acceptors (Lipinski definition) is 5. The predicted molar refractivity (Wildman–Crippen MR) is 97.8 cm³/mol. The van der Waals surface area contributed by atoms with Crippen LogP contribution in [-0.2, 0) is 16.6 Å². The highest BCUT2D eigenvalue weighted by Crippen LogP contribution is 2.25. The third-order valence-corrected chi connectivity index (χ3v) is 6.44. The van der Waals surface area contributed by atoms with Gasteiger partial charge in [0.2, 0.25) is 10.0 Å². The van der Waals surface area contributed by atoms with E-state index in [1.165, 1.54) is 34.6 Å². The highest BCUT2D eigenvalue weighted by molar-refractivity contribution is 7.89. The van der Waals surface area contributed by atoms with Gasteiger partial charge in [-0.1, -0.05) is 11.6 Å². The summed E-state index contributed by atoms with van der Waals surface area (Å²) in [4.78, 5) is 23.5. The van der Waals surface area contributed by atoms with E-state index in [2.05, 4.69) is 5.32 Å². The lowest BCUT2D eigenvalue weighted by Gasteiger charge is -2.16. The number of carbonyl (C=O) groups is 2. The Morgan fingerprint density at radius 1 is 1.19 bits per heavy atom. The van der Waals surface area contributed by atoms with Crippen molar-refractivity contribution in [2.75, 3.05) is 13.1 Å². The van der Waals surface area contributed by atoms with E-state index in [-0.39, 0.29) is 27.8 Å². The molecule has 0 atom stereocenters. The summed E-state index contributed by atoms with van der Waals surface area (Å²) in [7, 11) is -3.66. The molecule has 3 rings (SSSR count). The molecule has 2 aromatic rings. The fourth-order valence-electron chi connectivity index (χ4n) is 2.78.